The summed E-state index contributed by atoms with van der Waals surface area (Å²) in [5.41, 5.74) is 3.40. The molecule has 0 bridgehead atoms. The van der Waals surface area contributed by atoms with Gasteiger partial charge in [0.15, 0.2) is 0 Å². The molecule has 1 aromatic rings. The zero-order valence-electron chi connectivity index (χ0n) is 16.8. The van der Waals surface area contributed by atoms with Crippen LogP contribution in [-0.4, -0.2) is 53.6 Å². The summed E-state index contributed by atoms with van der Waals surface area (Å²) >= 11 is 0. The van der Waals surface area contributed by atoms with Gasteiger partial charge in [0.1, 0.15) is 5.60 Å². The lowest BCUT2D eigenvalue weighted by Gasteiger charge is -2.35. The first-order valence-corrected chi connectivity index (χ1v) is 9.47. The van der Waals surface area contributed by atoms with E-state index in [1.54, 1.807) is 4.90 Å². The summed E-state index contributed by atoms with van der Waals surface area (Å²) in [6, 6.07) is 6.49. The van der Waals surface area contributed by atoms with Gasteiger partial charge in [-0.1, -0.05) is 18.2 Å². The Labute approximate surface area is 157 Å². The normalized spacial score (nSPS) is 15.1. The number of piperazine rings is 1. The molecule has 1 heterocycles. The second-order valence-electron chi connectivity index (χ2n) is 8.12. The van der Waals surface area contributed by atoms with Crippen molar-refractivity contribution in [2.75, 3.05) is 26.2 Å². The fourth-order valence-electron chi connectivity index (χ4n) is 3.03. The topological polar surface area (TPSA) is 49.9 Å². The van der Waals surface area contributed by atoms with Crippen LogP contribution in [0, 0.1) is 13.8 Å². The Morgan fingerprint density at radius 1 is 1.00 bits per heavy atom. The van der Waals surface area contributed by atoms with Crippen molar-refractivity contribution in [1.29, 1.82) is 0 Å². The molecule has 1 aromatic carbocycles. The minimum Gasteiger partial charge on any atom is -0.444 e. The predicted octanol–water partition coefficient (Wildman–Crippen LogP) is 3.71. The van der Waals surface area contributed by atoms with Crippen LogP contribution in [0.2, 0.25) is 0 Å². The van der Waals surface area contributed by atoms with Crippen LogP contribution in [0.1, 0.15) is 50.3 Å². The van der Waals surface area contributed by atoms with E-state index in [2.05, 4.69) is 32.0 Å². The molecule has 5 nitrogen and oxygen atoms in total. The number of rotatable bonds is 4. The molecule has 0 saturated carbocycles. The predicted molar refractivity (Wildman–Crippen MR) is 103 cm³/mol. The number of hydrogen-bond acceptors (Lipinski definition) is 3. The highest BCUT2D eigenvalue weighted by molar-refractivity contribution is 5.76. The first kappa shape index (κ1) is 20.3. The van der Waals surface area contributed by atoms with Crippen LogP contribution in [0.5, 0.6) is 0 Å². The van der Waals surface area contributed by atoms with E-state index in [1.165, 1.54) is 16.7 Å². The molecule has 26 heavy (non-hydrogen) atoms. The maximum absolute atomic E-state index is 12.4. The van der Waals surface area contributed by atoms with E-state index in [0.717, 1.165) is 12.8 Å². The molecule has 0 spiro atoms. The number of carbonyl (C=O) groups excluding carboxylic acids is 2. The third-order valence-corrected chi connectivity index (χ3v) is 4.71. The molecule has 1 aliphatic rings. The minimum atomic E-state index is -0.488. The first-order chi connectivity index (χ1) is 12.2. The molecule has 0 aliphatic carbocycles. The molecular weight excluding hydrogens is 328 g/mol. The molecule has 0 unspecified atom stereocenters. The van der Waals surface area contributed by atoms with Crippen molar-refractivity contribution in [2.45, 2.75) is 59.5 Å². The monoisotopic (exact) mass is 360 g/mol. The lowest BCUT2D eigenvalue weighted by atomic mass is 10.0. The van der Waals surface area contributed by atoms with Crippen molar-refractivity contribution in [3.63, 3.8) is 0 Å². The summed E-state index contributed by atoms with van der Waals surface area (Å²) in [4.78, 5) is 28.0. The van der Waals surface area contributed by atoms with Gasteiger partial charge in [-0.3, -0.25) is 4.79 Å². The Morgan fingerprint density at radius 3 is 2.19 bits per heavy atom. The van der Waals surface area contributed by atoms with Gasteiger partial charge in [-0.15, -0.1) is 0 Å². The molecule has 144 valence electrons. The third-order valence-electron chi connectivity index (χ3n) is 4.71. The highest BCUT2D eigenvalue weighted by Gasteiger charge is 2.27. The summed E-state index contributed by atoms with van der Waals surface area (Å²) in [6.45, 7) is 12.1. The highest BCUT2D eigenvalue weighted by Crippen LogP contribution is 2.15. The van der Waals surface area contributed by atoms with E-state index in [1.807, 2.05) is 25.7 Å². The maximum Gasteiger partial charge on any atom is 0.410 e. The van der Waals surface area contributed by atoms with Gasteiger partial charge in [0.2, 0.25) is 5.91 Å². The minimum absolute atomic E-state index is 0.178. The first-order valence-electron chi connectivity index (χ1n) is 9.47. The second kappa shape index (κ2) is 8.56. The van der Waals surface area contributed by atoms with Gasteiger partial charge in [0.25, 0.3) is 0 Å². The number of amides is 2. The Hall–Kier alpha value is -2.04. The van der Waals surface area contributed by atoms with Gasteiger partial charge in [0, 0.05) is 32.6 Å². The van der Waals surface area contributed by atoms with Crippen LogP contribution in [-0.2, 0) is 16.0 Å². The maximum atomic E-state index is 12.4. The van der Waals surface area contributed by atoms with E-state index < -0.39 is 5.60 Å². The molecule has 5 heteroatoms. The van der Waals surface area contributed by atoms with Crippen LogP contribution >= 0.6 is 0 Å². The second-order valence-corrected chi connectivity index (χ2v) is 8.12. The summed E-state index contributed by atoms with van der Waals surface area (Å²) in [5.74, 6) is 0.178. The molecule has 0 radical (unpaired) electrons. The van der Waals surface area contributed by atoms with E-state index in [0.29, 0.717) is 32.6 Å². The Bertz CT molecular complexity index is 641. The molecule has 1 aliphatic heterocycles. The van der Waals surface area contributed by atoms with Crippen molar-refractivity contribution in [1.82, 2.24) is 9.80 Å². The average molecular weight is 360 g/mol. The van der Waals surface area contributed by atoms with E-state index in [4.69, 9.17) is 4.74 Å². The SMILES string of the molecule is Cc1ccc(CCCC(=O)N2CCN(C(=O)OC(C)(C)C)CC2)cc1C. The fraction of sp³-hybridized carbons (Fsp3) is 0.619. The zero-order valence-corrected chi connectivity index (χ0v) is 16.8. The van der Waals surface area contributed by atoms with E-state index in [9.17, 15) is 9.59 Å². The molecule has 0 aromatic heterocycles. The van der Waals surface area contributed by atoms with E-state index >= 15 is 0 Å². The zero-order chi connectivity index (χ0) is 19.3. The van der Waals surface area contributed by atoms with Gasteiger partial charge in [0.05, 0.1) is 0 Å². The largest absolute Gasteiger partial charge is 0.444 e. The lowest BCUT2D eigenvalue weighted by Crippen LogP contribution is -2.51. The molecule has 2 rings (SSSR count). The van der Waals surface area contributed by atoms with Gasteiger partial charge < -0.3 is 14.5 Å². The van der Waals surface area contributed by atoms with Crippen LogP contribution < -0.4 is 0 Å². The number of nitrogens with zero attached hydrogens (tertiary/aromatic N) is 2. The molecule has 0 atom stereocenters. The third kappa shape index (κ3) is 6.04. The van der Waals surface area contributed by atoms with Crippen molar-refractivity contribution < 1.29 is 14.3 Å². The Balaban J connectivity index is 1.72. The van der Waals surface area contributed by atoms with Crippen molar-refractivity contribution in [3.8, 4) is 0 Å². The number of benzene rings is 1. The van der Waals surface area contributed by atoms with E-state index in [-0.39, 0.29) is 12.0 Å². The number of ether oxygens (including phenoxy) is 1. The molecular formula is C21H32N2O3. The molecule has 1 fully saturated rings. The van der Waals surface area contributed by atoms with Crippen LogP contribution in [0.25, 0.3) is 0 Å². The Kier molecular flexibility index (Phi) is 6.68. The van der Waals surface area contributed by atoms with Crippen LogP contribution in [0.3, 0.4) is 0 Å². The van der Waals surface area contributed by atoms with Crippen LogP contribution in [0.15, 0.2) is 18.2 Å². The summed E-state index contributed by atoms with van der Waals surface area (Å²) in [6.07, 6.45) is 2.04. The smallest absolute Gasteiger partial charge is 0.410 e. The lowest BCUT2D eigenvalue weighted by molar-refractivity contribution is -0.133. The molecule has 2 amide bonds. The van der Waals surface area contributed by atoms with Gasteiger partial charge in [-0.05, 0) is 64.2 Å². The van der Waals surface area contributed by atoms with Crippen LogP contribution in [0.4, 0.5) is 4.79 Å². The van der Waals surface area contributed by atoms with Crippen molar-refractivity contribution in [2.24, 2.45) is 0 Å². The average Bonchev–Trinajstić information content (AvgIpc) is 2.56. The van der Waals surface area contributed by atoms with Crippen molar-refractivity contribution in [3.05, 3.63) is 34.9 Å². The van der Waals surface area contributed by atoms with Gasteiger partial charge in [-0.2, -0.15) is 0 Å². The number of hydrogen-bond donors (Lipinski definition) is 0. The summed E-state index contributed by atoms with van der Waals surface area (Å²) in [7, 11) is 0. The molecule has 1 saturated heterocycles. The molecule has 0 N–H and O–H groups in total. The number of aryl methyl sites for hydroxylation is 3. The highest BCUT2D eigenvalue weighted by atomic mass is 16.6. The Morgan fingerprint density at radius 2 is 1.62 bits per heavy atom. The van der Waals surface area contributed by atoms with Gasteiger partial charge in [-0.25, -0.2) is 4.79 Å². The van der Waals surface area contributed by atoms with Gasteiger partial charge >= 0.3 is 6.09 Å². The quantitative estimate of drug-likeness (QED) is 0.822. The van der Waals surface area contributed by atoms with Crippen molar-refractivity contribution >= 4 is 12.0 Å². The summed E-state index contributed by atoms with van der Waals surface area (Å²) < 4.78 is 5.39. The summed E-state index contributed by atoms with van der Waals surface area (Å²) in [5, 5.41) is 0. The fourth-order valence-corrected chi connectivity index (χ4v) is 3.03. The standard InChI is InChI=1S/C21H32N2O3/c1-16-9-10-18(15-17(16)2)7-6-8-19(24)22-11-13-23(14-12-22)20(25)26-21(3,4)5/h9-10,15H,6-8,11-14H2,1-5H3. The number of carbonyl (C=O) groups is 2.